The highest BCUT2D eigenvalue weighted by Gasteiger charge is 2.24. The van der Waals surface area contributed by atoms with E-state index < -0.39 is 0 Å². The first kappa shape index (κ1) is 18.5. The predicted molar refractivity (Wildman–Crippen MR) is 108 cm³/mol. The third-order valence-corrected chi connectivity index (χ3v) is 5.83. The van der Waals surface area contributed by atoms with Crippen molar-refractivity contribution in [1.82, 2.24) is 5.32 Å². The Bertz CT molecular complexity index is 870. The van der Waals surface area contributed by atoms with Crippen LogP contribution in [0.5, 0.6) is 5.75 Å². The minimum atomic E-state index is -0.0620. The zero-order valence-electron chi connectivity index (χ0n) is 16.0. The smallest absolute Gasteiger partial charge is 0.258 e. The number of rotatable bonds is 4. The lowest BCUT2D eigenvalue weighted by Gasteiger charge is -2.29. The molecule has 1 fully saturated rings. The van der Waals surface area contributed by atoms with Gasteiger partial charge in [0, 0.05) is 30.6 Å². The number of phenolic OH excluding ortho intramolecular Hbond substituents is 1. The number of hydrogen-bond acceptors (Lipinski definition) is 3. The number of fused-ring (bicyclic) bond motifs is 1. The maximum Gasteiger partial charge on any atom is 0.258 e. The monoisotopic (exact) mass is 378 g/mol. The van der Waals surface area contributed by atoms with Crippen molar-refractivity contribution in [1.29, 1.82) is 0 Å². The first-order valence-electron chi connectivity index (χ1n) is 10.1. The van der Waals surface area contributed by atoms with Gasteiger partial charge in [0.2, 0.25) is 5.91 Å². The fourth-order valence-corrected chi connectivity index (χ4v) is 4.22. The van der Waals surface area contributed by atoms with E-state index >= 15 is 0 Å². The second-order valence-corrected chi connectivity index (χ2v) is 7.77. The summed E-state index contributed by atoms with van der Waals surface area (Å²) < 4.78 is 0. The highest BCUT2D eigenvalue weighted by atomic mass is 16.3. The number of anilines is 1. The van der Waals surface area contributed by atoms with Crippen molar-refractivity contribution in [3.8, 4) is 5.75 Å². The molecule has 2 aromatic rings. The first-order valence-corrected chi connectivity index (χ1v) is 10.1. The second-order valence-electron chi connectivity index (χ2n) is 7.77. The fraction of sp³-hybridized carbons (Fsp3) is 0.391. The highest BCUT2D eigenvalue weighted by Crippen LogP contribution is 2.31. The highest BCUT2D eigenvalue weighted by molar-refractivity contribution is 6.06. The molecule has 0 radical (unpaired) electrons. The Labute approximate surface area is 165 Å². The van der Waals surface area contributed by atoms with Crippen LogP contribution in [0.25, 0.3) is 0 Å². The Balaban J connectivity index is 1.42. The van der Waals surface area contributed by atoms with Gasteiger partial charge in [-0.05, 0) is 55.0 Å². The molecule has 1 aliphatic heterocycles. The van der Waals surface area contributed by atoms with Crippen molar-refractivity contribution in [2.24, 2.45) is 5.92 Å². The van der Waals surface area contributed by atoms with Gasteiger partial charge in [0.15, 0.2) is 0 Å². The van der Waals surface area contributed by atoms with E-state index in [1.807, 2.05) is 30.3 Å². The summed E-state index contributed by atoms with van der Waals surface area (Å²) in [7, 11) is 0. The molecule has 1 aliphatic carbocycles. The average Bonchev–Trinajstić information content (AvgIpc) is 3.26. The zero-order valence-corrected chi connectivity index (χ0v) is 16.0. The zero-order chi connectivity index (χ0) is 19.5. The van der Waals surface area contributed by atoms with Crippen molar-refractivity contribution in [2.75, 3.05) is 11.4 Å². The number of hydrogen-bond donors (Lipinski definition) is 2. The largest absolute Gasteiger partial charge is 0.508 e. The molecule has 2 amide bonds. The Morgan fingerprint density at radius 2 is 1.79 bits per heavy atom. The number of carbonyl (C=O) groups excluding carboxylic acids is 2. The lowest BCUT2D eigenvalue weighted by atomic mass is 10.00. The van der Waals surface area contributed by atoms with Crippen molar-refractivity contribution >= 4 is 17.5 Å². The Hall–Kier alpha value is -2.82. The maximum atomic E-state index is 13.0. The lowest BCUT2D eigenvalue weighted by Crippen LogP contribution is -2.35. The number of benzene rings is 2. The molecule has 2 aliphatic rings. The molecule has 0 bridgehead atoms. The number of carbonyl (C=O) groups is 2. The summed E-state index contributed by atoms with van der Waals surface area (Å²) in [5.41, 5.74) is 3.48. The molecule has 5 nitrogen and oxygen atoms in total. The SMILES string of the molecule is O=C(NCc1ccc(C(=O)N2CCCc3ccc(O)cc32)cc1)C1CCCC1. The van der Waals surface area contributed by atoms with Crippen LogP contribution in [0, 0.1) is 5.92 Å². The summed E-state index contributed by atoms with van der Waals surface area (Å²) in [6, 6.07) is 12.7. The Morgan fingerprint density at radius 3 is 2.54 bits per heavy atom. The van der Waals surface area contributed by atoms with Crippen LogP contribution in [-0.2, 0) is 17.8 Å². The van der Waals surface area contributed by atoms with E-state index in [-0.39, 0.29) is 23.5 Å². The number of nitrogens with zero attached hydrogens (tertiary/aromatic N) is 1. The summed E-state index contributed by atoms with van der Waals surface area (Å²) in [6.45, 7) is 1.14. The number of aromatic hydroxyl groups is 1. The maximum absolute atomic E-state index is 13.0. The summed E-state index contributed by atoms with van der Waals surface area (Å²) in [5.74, 6) is 0.415. The molecule has 1 saturated carbocycles. The molecular formula is C23H26N2O3. The standard InChI is InChI=1S/C23H26N2O3/c26-20-12-11-17-6-3-13-25(21(17)14-20)23(28)19-9-7-16(8-10-19)15-24-22(27)18-4-1-2-5-18/h7-12,14,18,26H,1-6,13,15H2,(H,24,27). The summed E-state index contributed by atoms with van der Waals surface area (Å²) >= 11 is 0. The van der Waals surface area contributed by atoms with Crippen LogP contribution >= 0.6 is 0 Å². The molecule has 2 N–H and O–H groups in total. The van der Waals surface area contributed by atoms with Crippen molar-refractivity contribution in [2.45, 2.75) is 45.1 Å². The number of aryl methyl sites for hydroxylation is 1. The molecule has 146 valence electrons. The quantitative estimate of drug-likeness (QED) is 0.850. The third kappa shape index (κ3) is 3.88. The molecule has 5 heteroatoms. The van der Waals surface area contributed by atoms with Gasteiger partial charge in [-0.2, -0.15) is 0 Å². The second kappa shape index (κ2) is 8.05. The average molecular weight is 378 g/mol. The minimum absolute atomic E-state index is 0.0620. The van der Waals surface area contributed by atoms with E-state index in [9.17, 15) is 14.7 Å². The molecular weight excluding hydrogens is 352 g/mol. The van der Waals surface area contributed by atoms with Crippen LogP contribution in [0.1, 0.15) is 53.6 Å². The van der Waals surface area contributed by atoms with Gasteiger partial charge in [0.1, 0.15) is 5.75 Å². The van der Waals surface area contributed by atoms with Gasteiger partial charge in [-0.25, -0.2) is 0 Å². The predicted octanol–water partition coefficient (Wildman–Crippen LogP) is 3.79. The molecule has 0 unspecified atom stereocenters. The fourth-order valence-electron chi connectivity index (χ4n) is 4.22. The van der Waals surface area contributed by atoms with Crippen LogP contribution in [0.4, 0.5) is 5.69 Å². The molecule has 0 spiro atoms. The van der Waals surface area contributed by atoms with E-state index in [2.05, 4.69) is 5.32 Å². The van der Waals surface area contributed by atoms with Gasteiger partial charge < -0.3 is 15.3 Å². The molecule has 2 aromatic carbocycles. The van der Waals surface area contributed by atoms with Crippen molar-refractivity contribution in [3.63, 3.8) is 0 Å². The molecule has 0 atom stereocenters. The third-order valence-electron chi connectivity index (χ3n) is 5.83. The minimum Gasteiger partial charge on any atom is -0.508 e. The van der Waals surface area contributed by atoms with Crippen LogP contribution < -0.4 is 10.2 Å². The van der Waals surface area contributed by atoms with Crippen LogP contribution in [0.2, 0.25) is 0 Å². The van der Waals surface area contributed by atoms with Crippen molar-refractivity contribution in [3.05, 3.63) is 59.2 Å². The molecule has 0 saturated heterocycles. The number of amides is 2. The molecule has 0 aromatic heterocycles. The summed E-state index contributed by atoms with van der Waals surface area (Å²) in [4.78, 5) is 26.9. The van der Waals surface area contributed by atoms with E-state index in [0.717, 1.165) is 55.3 Å². The summed E-state index contributed by atoms with van der Waals surface area (Å²) in [6.07, 6.45) is 6.10. The van der Waals surface area contributed by atoms with E-state index in [1.54, 1.807) is 17.0 Å². The van der Waals surface area contributed by atoms with Gasteiger partial charge in [-0.1, -0.05) is 31.0 Å². The van der Waals surface area contributed by atoms with Crippen LogP contribution in [0.15, 0.2) is 42.5 Å². The first-order chi connectivity index (χ1) is 13.6. The van der Waals surface area contributed by atoms with Gasteiger partial charge in [0.25, 0.3) is 5.91 Å². The van der Waals surface area contributed by atoms with E-state index in [0.29, 0.717) is 18.7 Å². The van der Waals surface area contributed by atoms with Gasteiger partial charge in [-0.15, -0.1) is 0 Å². The Kier molecular flexibility index (Phi) is 5.33. The normalized spacial score (nSPS) is 16.6. The lowest BCUT2D eigenvalue weighted by molar-refractivity contribution is -0.124. The topological polar surface area (TPSA) is 69.6 Å². The van der Waals surface area contributed by atoms with E-state index in [4.69, 9.17) is 0 Å². The molecule has 4 rings (SSSR count). The number of nitrogens with one attached hydrogen (secondary N) is 1. The molecule has 1 heterocycles. The van der Waals surface area contributed by atoms with Crippen molar-refractivity contribution < 1.29 is 14.7 Å². The van der Waals surface area contributed by atoms with Gasteiger partial charge in [-0.3, -0.25) is 9.59 Å². The summed E-state index contributed by atoms with van der Waals surface area (Å²) in [5, 5.41) is 12.8. The number of phenols is 1. The van der Waals surface area contributed by atoms with Gasteiger partial charge >= 0.3 is 0 Å². The van der Waals surface area contributed by atoms with Gasteiger partial charge in [0.05, 0.1) is 5.69 Å². The Morgan fingerprint density at radius 1 is 1.04 bits per heavy atom. The molecule has 28 heavy (non-hydrogen) atoms. The van der Waals surface area contributed by atoms with Crippen LogP contribution in [0.3, 0.4) is 0 Å². The van der Waals surface area contributed by atoms with E-state index in [1.165, 1.54) is 0 Å². The van der Waals surface area contributed by atoms with Crippen LogP contribution in [-0.4, -0.2) is 23.5 Å².